The van der Waals surface area contributed by atoms with Crippen LogP contribution in [0.15, 0.2) is 35.7 Å². The van der Waals surface area contributed by atoms with Crippen molar-refractivity contribution < 1.29 is 14.3 Å². The number of anilines is 1. The zero-order valence-electron chi connectivity index (χ0n) is 15.6. The van der Waals surface area contributed by atoms with Crippen molar-refractivity contribution in [2.45, 2.75) is 24.9 Å². The fourth-order valence-electron chi connectivity index (χ4n) is 4.50. The Morgan fingerprint density at radius 1 is 1.18 bits per heavy atom. The molecule has 146 valence electrons. The van der Waals surface area contributed by atoms with Gasteiger partial charge in [0.2, 0.25) is 0 Å². The minimum Gasteiger partial charge on any atom is -0.369 e. The predicted octanol–water partition coefficient (Wildman–Crippen LogP) is 2.98. The monoisotopic (exact) mass is 397 g/mol. The number of ether oxygens (including phenoxy) is 1. The fourth-order valence-corrected chi connectivity index (χ4v) is 5.67. The molecule has 0 bridgehead atoms. The summed E-state index contributed by atoms with van der Waals surface area (Å²) in [5.74, 6) is 0.0264. The lowest BCUT2D eigenvalue weighted by Gasteiger charge is -2.43. The van der Waals surface area contributed by atoms with Crippen LogP contribution < -0.4 is 10.2 Å². The zero-order valence-corrected chi connectivity index (χ0v) is 16.5. The fraction of sp³-hybridized carbons (Fsp3) is 0.429. The number of thiophene rings is 1. The number of urea groups is 1. The summed E-state index contributed by atoms with van der Waals surface area (Å²) in [5, 5.41) is 4.95. The lowest BCUT2D eigenvalue weighted by Crippen LogP contribution is -2.47. The highest BCUT2D eigenvalue weighted by molar-refractivity contribution is 7.10. The summed E-state index contributed by atoms with van der Waals surface area (Å²) < 4.78 is 6.24. The Morgan fingerprint density at radius 3 is 2.82 bits per heavy atom. The highest BCUT2D eigenvalue weighted by Gasteiger charge is 2.42. The number of fused-ring (bicyclic) bond motifs is 2. The summed E-state index contributed by atoms with van der Waals surface area (Å²) in [6.45, 7) is 3.39. The number of likely N-dealkylation sites (tertiary alicyclic amines) is 1. The van der Waals surface area contributed by atoms with E-state index in [9.17, 15) is 9.59 Å². The number of hydrogen-bond donors (Lipinski definition) is 1. The number of nitrogens with zero attached hydrogens (tertiary/aromatic N) is 2. The molecule has 1 aromatic heterocycles. The molecule has 0 radical (unpaired) electrons. The Kier molecular flexibility index (Phi) is 4.36. The molecule has 1 N–H and O–H groups in total. The molecular weight excluding hydrogens is 374 g/mol. The topological polar surface area (TPSA) is 61.9 Å². The van der Waals surface area contributed by atoms with E-state index in [1.807, 2.05) is 29.2 Å². The van der Waals surface area contributed by atoms with Gasteiger partial charge in [-0.3, -0.25) is 9.69 Å². The smallest absolute Gasteiger partial charge is 0.321 e. The second kappa shape index (κ2) is 6.90. The van der Waals surface area contributed by atoms with E-state index in [-0.39, 0.29) is 17.5 Å². The summed E-state index contributed by atoms with van der Waals surface area (Å²) in [6, 6.07) is 9.49. The van der Waals surface area contributed by atoms with Crippen LogP contribution in [0.4, 0.5) is 10.5 Å². The van der Waals surface area contributed by atoms with Gasteiger partial charge in [-0.1, -0.05) is 6.07 Å². The van der Waals surface area contributed by atoms with E-state index in [1.165, 1.54) is 10.4 Å². The third-order valence-electron chi connectivity index (χ3n) is 6.03. The van der Waals surface area contributed by atoms with Crippen LogP contribution in [0.5, 0.6) is 0 Å². The first kappa shape index (κ1) is 17.7. The Balaban J connectivity index is 1.31. The van der Waals surface area contributed by atoms with Crippen LogP contribution in [-0.2, 0) is 16.8 Å². The molecule has 1 aromatic carbocycles. The van der Waals surface area contributed by atoms with E-state index in [0.29, 0.717) is 31.7 Å². The highest BCUT2D eigenvalue weighted by Crippen LogP contribution is 2.44. The van der Waals surface area contributed by atoms with Crippen molar-refractivity contribution in [3.05, 3.63) is 51.7 Å². The SMILES string of the molecule is O=C(c1cccc(N2CCNC2=O)c1)N1CCC2(CC1)OCCc1ccsc12. The van der Waals surface area contributed by atoms with Gasteiger partial charge in [-0.15, -0.1) is 11.3 Å². The molecule has 3 aliphatic rings. The highest BCUT2D eigenvalue weighted by atomic mass is 32.1. The number of nitrogens with one attached hydrogen (secondary N) is 1. The Morgan fingerprint density at radius 2 is 2.04 bits per heavy atom. The first-order valence-electron chi connectivity index (χ1n) is 9.82. The lowest BCUT2D eigenvalue weighted by atomic mass is 9.85. The average Bonchev–Trinajstić information content (AvgIpc) is 3.38. The number of hydrogen-bond acceptors (Lipinski definition) is 4. The van der Waals surface area contributed by atoms with Crippen molar-refractivity contribution >= 4 is 29.0 Å². The number of carbonyl (C=O) groups excluding carboxylic acids is 2. The van der Waals surface area contributed by atoms with Gasteiger partial charge in [0.25, 0.3) is 5.91 Å². The summed E-state index contributed by atoms with van der Waals surface area (Å²) in [6.07, 6.45) is 2.65. The molecule has 0 unspecified atom stereocenters. The number of rotatable bonds is 2. The van der Waals surface area contributed by atoms with Gasteiger partial charge >= 0.3 is 6.03 Å². The lowest BCUT2D eigenvalue weighted by molar-refractivity contribution is -0.0906. The standard InChI is InChI=1S/C21H23N3O3S/c25-19(16-2-1-3-17(14-16)24-11-8-22-20(24)26)23-9-6-21(7-10-23)18-15(4-12-27-21)5-13-28-18/h1-3,5,13-14H,4,6-12H2,(H,22,26). The summed E-state index contributed by atoms with van der Waals surface area (Å²) in [4.78, 5) is 29.9. The number of amides is 3. The van der Waals surface area contributed by atoms with Gasteiger partial charge in [-0.2, -0.15) is 0 Å². The van der Waals surface area contributed by atoms with Crippen LogP contribution in [0.2, 0.25) is 0 Å². The third kappa shape index (κ3) is 2.89. The Bertz CT molecular complexity index is 917. The molecule has 5 rings (SSSR count). The minimum atomic E-state index is -0.214. The second-order valence-corrected chi connectivity index (χ2v) is 8.51. The molecule has 4 heterocycles. The Hall–Kier alpha value is -2.38. The maximum Gasteiger partial charge on any atom is 0.321 e. The van der Waals surface area contributed by atoms with E-state index in [4.69, 9.17) is 4.74 Å². The van der Waals surface area contributed by atoms with E-state index in [1.54, 1.807) is 16.2 Å². The Labute approximate surface area is 168 Å². The molecule has 6 nitrogen and oxygen atoms in total. The molecule has 0 aliphatic carbocycles. The van der Waals surface area contributed by atoms with Crippen LogP contribution in [0.25, 0.3) is 0 Å². The van der Waals surface area contributed by atoms with E-state index < -0.39 is 0 Å². The molecule has 28 heavy (non-hydrogen) atoms. The van der Waals surface area contributed by atoms with Gasteiger partial charge < -0.3 is 15.0 Å². The molecule has 3 amide bonds. The average molecular weight is 398 g/mol. The summed E-state index contributed by atoms with van der Waals surface area (Å²) in [5.41, 5.74) is 2.60. The molecule has 7 heteroatoms. The van der Waals surface area contributed by atoms with Gasteiger partial charge in [-0.05, 0) is 54.5 Å². The molecule has 0 saturated carbocycles. The molecular formula is C21H23N3O3S. The van der Waals surface area contributed by atoms with Crippen molar-refractivity contribution in [3.8, 4) is 0 Å². The van der Waals surface area contributed by atoms with Crippen molar-refractivity contribution in [1.29, 1.82) is 0 Å². The van der Waals surface area contributed by atoms with Crippen molar-refractivity contribution in [3.63, 3.8) is 0 Å². The van der Waals surface area contributed by atoms with Crippen LogP contribution in [0.1, 0.15) is 33.6 Å². The second-order valence-electron chi connectivity index (χ2n) is 7.59. The van der Waals surface area contributed by atoms with Crippen LogP contribution >= 0.6 is 11.3 Å². The molecule has 1 spiro atoms. The molecule has 0 atom stereocenters. The van der Waals surface area contributed by atoms with Crippen molar-refractivity contribution in [1.82, 2.24) is 10.2 Å². The van der Waals surface area contributed by atoms with E-state index in [2.05, 4.69) is 16.8 Å². The van der Waals surface area contributed by atoms with Crippen LogP contribution in [0.3, 0.4) is 0 Å². The van der Waals surface area contributed by atoms with E-state index >= 15 is 0 Å². The van der Waals surface area contributed by atoms with Gasteiger partial charge in [0.15, 0.2) is 0 Å². The van der Waals surface area contributed by atoms with Gasteiger partial charge in [0.1, 0.15) is 5.60 Å². The van der Waals surface area contributed by atoms with E-state index in [0.717, 1.165) is 31.6 Å². The first-order valence-corrected chi connectivity index (χ1v) is 10.7. The normalized spacial score (nSPS) is 20.9. The molecule has 2 saturated heterocycles. The van der Waals surface area contributed by atoms with Crippen molar-refractivity contribution in [2.75, 3.05) is 37.7 Å². The summed E-state index contributed by atoms with van der Waals surface area (Å²) in [7, 11) is 0. The summed E-state index contributed by atoms with van der Waals surface area (Å²) >= 11 is 1.78. The van der Waals surface area contributed by atoms with Crippen LogP contribution in [-0.4, -0.2) is 49.6 Å². The third-order valence-corrected chi connectivity index (χ3v) is 7.17. The molecule has 3 aliphatic heterocycles. The maximum atomic E-state index is 13.1. The van der Waals surface area contributed by atoms with Gasteiger partial charge in [0.05, 0.1) is 6.61 Å². The molecule has 2 fully saturated rings. The van der Waals surface area contributed by atoms with Gasteiger partial charge in [-0.25, -0.2) is 4.79 Å². The zero-order chi connectivity index (χ0) is 19.1. The number of piperidine rings is 1. The largest absolute Gasteiger partial charge is 0.369 e. The van der Waals surface area contributed by atoms with Crippen LogP contribution in [0, 0.1) is 0 Å². The number of carbonyl (C=O) groups is 2. The van der Waals surface area contributed by atoms with Crippen molar-refractivity contribution in [2.24, 2.45) is 0 Å². The minimum absolute atomic E-state index is 0.0264. The van der Waals surface area contributed by atoms with Gasteiger partial charge in [0, 0.05) is 42.3 Å². The number of benzene rings is 1. The maximum absolute atomic E-state index is 13.1. The predicted molar refractivity (Wildman–Crippen MR) is 108 cm³/mol. The quantitative estimate of drug-likeness (QED) is 0.848. The first-order chi connectivity index (χ1) is 13.7. The molecule has 2 aromatic rings.